The summed E-state index contributed by atoms with van der Waals surface area (Å²) >= 11 is 0. The number of rotatable bonds is 8. The Morgan fingerprint density at radius 3 is 0.867 bits per heavy atom. The Hall–Kier alpha value is 0.463. The maximum absolute atomic E-state index is 3.91. The second kappa shape index (κ2) is 23.9. The molecular formula is C10H24N4Zn-4. The van der Waals surface area contributed by atoms with Crippen LogP contribution in [0.15, 0.2) is 0 Å². The number of nitrogens with zero attached hydrogens (tertiary/aromatic N) is 4. The van der Waals surface area contributed by atoms with Crippen molar-refractivity contribution in [3.63, 3.8) is 0 Å². The molecule has 0 aliphatic rings. The van der Waals surface area contributed by atoms with Crippen LogP contribution in [0, 0.1) is 0 Å². The zero-order valence-corrected chi connectivity index (χ0v) is 13.7. The maximum Gasteiger partial charge on any atom is 0 e. The van der Waals surface area contributed by atoms with Crippen LogP contribution in [0.5, 0.6) is 0 Å². The molecule has 0 aromatic heterocycles. The first-order valence-corrected chi connectivity index (χ1v) is 5.05. The zero-order valence-electron chi connectivity index (χ0n) is 10.7. The summed E-state index contributed by atoms with van der Waals surface area (Å²) in [6.07, 6.45) is 2.21. The molecule has 0 heterocycles. The van der Waals surface area contributed by atoms with E-state index in [4.69, 9.17) is 0 Å². The summed E-state index contributed by atoms with van der Waals surface area (Å²) < 4.78 is 0. The first-order valence-electron chi connectivity index (χ1n) is 5.05. The Morgan fingerprint density at radius 1 is 0.533 bits per heavy atom. The standard InChI is InChI=1S/2C5H12N2.Zn/c2*1-6-4-3-5-7-2;/h2*3-5H2,1-2H3;/q2*-2;. The SMILES string of the molecule is C[N-]CCC[N-]C.C[N-]CCC[N-]C.[Zn]. The second-order valence-electron chi connectivity index (χ2n) is 2.87. The third kappa shape index (κ3) is 31.4. The fourth-order valence-corrected chi connectivity index (χ4v) is 0.774. The molecule has 4 nitrogen and oxygen atoms in total. The molecule has 90 valence electrons. The molecule has 0 saturated heterocycles. The van der Waals surface area contributed by atoms with Crippen LogP contribution in [-0.2, 0) is 19.5 Å². The summed E-state index contributed by atoms with van der Waals surface area (Å²) in [7, 11) is 7.32. The molecule has 15 heavy (non-hydrogen) atoms. The molecule has 0 saturated carbocycles. The molecule has 0 aromatic carbocycles. The van der Waals surface area contributed by atoms with Gasteiger partial charge in [0.15, 0.2) is 0 Å². The quantitative estimate of drug-likeness (QED) is 0.479. The average molecular weight is 266 g/mol. The van der Waals surface area contributed by atoms with Gasteiger partial charge in [0.1, 0.15) is 0 Å². The topological polar surface area (TPSA) is 56.4 Å². The molecule has 0 bridgehead atoms. The van der Waals surface area contributed by atoms with E-state index in [0.717, 1.165) is 39.0 Å². The number of hydrogen-bond donors (Lipinski definition) is 0. The molecule has 0 atom stereocenters. The van der Waals surface area contributed by atoms with Gasteiger partial charge in [-0.1, -0.05) is 12.8 Å². The average Bonchev–Trinajstić information content (AvgIpc) is 2.21. The van der Waals surface area contributed by atoms with Crippen molar-refractivity contribution in [3.8, 4) is 0 Å². The van der Waals surface area contributed by atoms with Crippen LogP contribution < -0.4 is 0 Å². The van der Waals surface area contributed by atoms with Crippen molar-refractivity contribution < 1.29 is 19.5 Å². The van der Waals surface area contributed by atoms with E-state index >= 15 is 0 Å². The third-order valence-electron chi connectivity index (χ3n) is 1.53. The summed E-state index contributed by atoms with van der Waals surface area (Å²) in [6, 6.07) is 0. The smallest absolute Gasteiger partial charge is 0 e. The van der Waals surface area contributed by atoms with E-state index in [-0.39, 0.29) is 19.5 Å². The van der Waals surface area contributed by atoms with Gasteiger partial charge in [0, 0.05) is 19.5 Å². The van der Waals surface area contributed by atoms with E-state index in [2.05, 4.69) is 21.3 Å². The van der Waals surface area contributed by atoms with E-state index in [9.17, 15) is 0 Å². The molecule has 0 aromatic rings. The molecule has 0 fully saturated rings. The molecule has 0 unspecified atom stereocenters. The van der Waals surface area contributed by atoms with Crippen LogP contribution in [0.2, 0.25) is 0 Å². The van der Waals surface area contributed by atoms with Crippen molar-refractivity contribution in [2.45, 2.75) is 12.8 Å². The Balaban J connectivity index is -0.000000180. The van der Waals surface area contributed by atoms with Crippen LogP contribution in [0.25, 0.3) is 21.3 Å². The van der Waals surface area contributed by atoms with Crippen molar-refractivity contribution in [1.82, 2.24) is 0 Å². The molecule has 0 N–H and O–H groups in total. The van der Waals surface area contributed by atoms with Crippen LogP contribution in [0.4, 0.5) is 0 Å². The van der Waals surface area contributed by atoms with Gasteiger partial charge in [-0.25, -0.2) is 0 Å². The fourth-order valence-electron chi connectivity index (χ4n) is 0.774. The molecule has 0 aliphatic heterocycles. The second-order valence-corrected chi connectivity index (χ2v) is 2.87. The van der Waals surface area contributed by atoms with Gasteiger partial charge in [-0.05, 0) is 0 Å². The van der Waals surface area contributed by atoms with Crippen molar-refractivity contribution in [1.29, 1.82) is 0 Å². The van der Waals surface area contributed by atoms with Gasteiger partial charge in [0.2, 0.25) is 0 Å². The minimum Gasteiger partial charge on any atom is -0.665 e. The molecular weight excluding hydrogens is 242 g/mol. The van der Waals surface area contributed by atoms with Crippen LogP contribution in [-0.4, -0.2) is 54.4 Å². The maximum atomic E-state index is 3.91. The van der Waals surface area contributed by atoms with Crippen molar-refractivity contribution in [3.05, 3.63) is 21.3 Å². The van der Waals surface area contributed by atoms with Crippen LogP contribution in [0.3, 0.4) is 0 Å². The molecule has 0 radical (unpaired) electrons. The van der Waals surface area contributed by atoms with Gasteiger partial charge in [0.25, 0.3) is 0 Å². The summed E-state index contributed by atoms with van der Waals surface area (Å²) in [5.41, 5.74) is 0. The van der Waals surface area contributed by atoms with E-state index < -0.39 is 0 Å². The Bertz CT molecular complexity index is 65.8. The predicted molar refractivity (Wildman–Crippen MR) is 65.8 cm³/mol. The molecule has 0 aliphatic carbocycles. The van der Waals surface area contributed by atoms with Gasteiger partial charge in [0.05, 0.1) is 0 Å². The summed E-state index contributed by atoms with van der Waals surface area (Å²) in [5, 5.41) is 15.7. The van der Waals surface area contributed by atoms with Crippen LogP contribution >= 0.6 is 0 Å². The van der Waals surface area contributed by atoms with E-state index in [1.54, 1.807) is 0 Å². The van der Waals surface area contributed by atoms with Gasteiger partial charge >= 0.3 is 0 Å². The predicted octanol–water partition coefficient (Wildman–Crippen LogP) is 2.76. The monoisotopic (exact) mass is 264 g/mol. The minimum atomic E-state index is 0. The summed E-state index contributed by atoms with van der Waals surface area (Å²) in [5.74, 6) is 0. The summed E-state index contributed by atoms with van der Waals surface area (Å²) in [4.78, 5) is 0. The molecule has 0 amide bonds. The Kier molecular flexibility index (Phi) is 33.2. The third-order valence-corrected chi connectivity index (χ3v) is 1.53. The first kappa shape index (κ1) is 20.8. The molecule has 5 heteroatoms. The van der Waals surface area contributed by atoms with E-state index in [1.165, 1.54) is 0 Å². The number of hydrogen-bond acceptors (Lipinski definition) is 0. The molecule has 0 rings (SSSR count). The summed E-state index contributed by atoms with van der Waals surface area (Å²) in [6.45, 7) is 3.82. The Morgan fingerprint density at radius 2 is 0.733 bits per heavy atom. The normalized spacial score (nSPS) is 8.80. The van der Waals surface area contributed by atoms with Crippen molar-refractivity contribution in [2.75, 3.05) is 54.4 Å². The van der Waals surface area contributed by atoms with Gasteiger partial charge < -0.3 is 21.3 Å². The van der Waals surface area contributed by atoms with Crippen molar-refractivity contribution in [2.24, 2.45) is 0 Å². The van der Waals surface area contributed by atoms with E-state index in [0.29, 0.717) is 0 Å². The van der Waals surface area contributed by atoms with Gasteiger partial charge in [-0.2, -0.15) is 54.4 Å². The van der Waals surface area contributed by atoms with Gasteiger partial charge in [-0.15, -0.1) is 0 Å². The zero-order chi connectivity index (χ0) is 11.1. The first-order chi connectivity index (χ1) is 6.83. The molecule has 0 spiro atoms. The van der Waals surface area contributed by atoms with E-state index in [1.807, 2.05) is 28.2 Å². The van der Waals surface area contributed by atoms with Gasteiger partial charge in [-0.3, -0.25) is 0 Å². The largest absolute Gasteiger partial charge is 0.665 e. The fraction of sp³-hybridized carbons (Fsp3) is 1.00. The minimum absolute atomic E-state index is 0. The Labute approximate surface area is 108 Å². The van der Waals surface area contributed by atoms with Crippen LogP contribution in [0.1, 0.15) is 12.8 Å². The van der Waals surface area contributed by atoms with Crippen molar-refractivity contribution >= 4 is 0 Å².